The molecule has 0 aromatic carbocycles. The van der Waals surface area contributed by atoms with Gasteiger partial charge in [-0.1, -0.05) is 19.8 Å². The monoisotopic (exact) mass is 370 g/mol. The standard InChI is InChI=1S/C20H26N4O3/c1-2-3-4-7-22-19(25)16-13-17(15-21-14-16)23-8-10-24(11-9-23)20(26)18-6-5-12-27-18/h5-6,12-15H,2-4,7-11H2,1H3,(H,22,25). The average Bonchev–Trinajstić information content (AvgIpc) is 3.25. The van der Waals surface area contributed by atoms with Crippen LogP contribution in [0, 0.1) is 0 Å². The lowest BCUT2D eigenvalue weighted by Crippen LogP contribution is -2.48. The van der Waals surface area contributed by atoms with E-state index in [0.29, 0.717) is 44.0 Å². The van der Waals surface area contributed by atoms with Gasteiger partial charge in [-0.25, -0.2) is 0 Å². The van der Waals surface area contributed by atoms with Gasteiger partial charge in [0.15, 0.2) is 5.76 Å². The Balaban J connectivity index is 1.55. The molecule has 2 amide bonds. The van der Waals surface area contributed by atoms with Crippen LogP contribution >= 0.6 is 0 Å². The molecule has 144 valence electrons. The first-order valence-electron chi connectivity index (χ1n) is 9.50. The van der Waals surface area contributed by atoms with E-state index in [1.165, 1.54) is 6.26 Å². The predicted octanol–water partition coefficient (Wildman–Crippen LogP) is 2.56. The molecule has 1 N–H and O–H groups in total. The summed E-state index contributed by atoms with van der Waals surface area (Å²) in [5.41, 5.74) is 1.47. The molecular formula is C20H26N4O3. The van der Waals surface area contributed by atoms with Crippen molar-refractivity contribution < 1.29 is 14.0 Å². The van der Waals surface area contributed by atoms with Gasteiger partial charge in [0.25, 0.3) is 11.8 Å². The molecule has 1 saturated heterocycles. The number of hydrogen-bond donors (Lipinski definition) is 1. The number of nitrogens with one attached hydrogen (secondary N) is 1. The number of rotatable bonds is 7. The fraction of sp³-hybridized carbons (Fsp3) is 0.450. The second kappa shape index (κ2) is 9.21. The quantitative estimate of drug-likeness (QED) is 0.758. The summed E-state index contributed by atoms with van der Waals surface area (Å²) in [5, 5.41) is 2.94. The van der Waals surface area contributed by atoms with Gasteiger partial charge in [-0.3, -0.25) is 14.6 Å². The van der Waals surface area contributed by atoms with E-state index >= 15 is 0 Å². The number of nitrogens with zero attached hydrogens (tertiary/aromatic N) is 3. The van der Waals surface area contributed by atoms with Crippen LogP contribution in [0.25, 0.3) is 0 Å². The van der Waals surface area contributed by atoms with E-state index in [2.05, 4.69) is 22.1 Å². The van der Waals surface area contributed by atoms with Gasteiger partial charge in [-0.15, -0.1) is 0 Å². The van der Waals surface area contributed by atoms with Crippen molar-refractivity contribution in [2.75, 3.05) is 37.6 Å². The van der Waals surface area contributed by atoms with Gasteiger partial charge >= 0.3 is 0 Å². The molecule has 0 spiro atoms. The molecule has 0 radical (unpaired) electrons. The van der Waals surface area contributed by atoms with Crippen LogP contribution in [0.3, 0.4) is 0 Å². The number of amides is 2. The number of anilines is 1. The van der Waals surface area contributed by atoms with Gasteiger partial charge in [0.2, 0.25) is 0 Å². The van der Waals surface area contributed by atoms with Gasteiger partial charge in [-0.05, 0) is 24.6 Å². The van der Waals surface area contributed by atoms with Crippen LogP contribution in [0.15, 0.2) is 41.3 Å². The smallest absolute Gasteiger partial charge is 0.289 e. The number of furan rings is 1. The van der Waals surface area contributed by atoms with E-state index in [4.69, 9.17) is 4.42 Å². The van der Waals surface area contributed by atoms with Crippen LogP contribution in [0.1, 0.15) is 47.1 Å². The van der Waals surface area contributed by atoms with Crippen LogP contribution in [0.2, 0.25) is 0 Å². The Bertz CT molecular complexity index is 752. The topological polar surface area (TPSA) is 78.7 Å². The predicted molar refractivity (Wildman–Crippen MR) is 103 cm³/mol. The number of carbonyl (C=O) groups excluding carboxylic acids is 2. The third-order valence-electron chi connectivity index (χ3n) is 4.72. The minimum Gasteiger partial charge on any atom is -0.459 e. The van der Waals surface area contributed by atoms with Crippen LogP contribution in [-0.4, -0.2) is 54.4 Å². The molecule has 27 heavy (non-hydrogen) atoms. The number of hydrogen-bond acceptors (Lipinski definition) is 5. The van der Waals surface area contributed by atoms with Crippen LogP contribution in [0.4, 0.5) is 5.69 Å². The lowest BCUT2D eigenvalue weighted by molar-refractivity contribution is 0.0714. The molecule has 0 atom stereocenters. The summed E-state index contributed by atoms with van der Waals surface area (Å²) in [4.78, 5) is 32.8. The lowest BCUT2D eigenvalue weighted by Gasteiger charge is -2.35. The number of pyridine rings is 1. The van der Waals surface area contributed by atoms with E-state index < -0.39 is 0 Å². The molecule has 7 heteroatoms. The van der Waals surface area contributed by atoms with Crippen molar-refractivity contribution in [3.8, 4) is 0 Å². The first-order valence-corrected chi connectivity index (χ1v) is 9.50. The minimum absolute atomic E-state index is 0.0852. The Labute approximate surface area is 159 Å². The van der Waals surface area contributed by atoms with Crippen LogP contribution < -0.4 is 10.2 Å². The molecule has 2 aromatic rings. The van der Waals surface area contributed by atoms with Gasteiger partial charge in [-0.2, -0.15) is 0 Å². The summed E-state index contributed by atoms with van der Waals surface area (Å²) in [6, 6.07) is 5.27. The maximum atomic E-state index is 12.3. The highest BCUT2D eigenvalue weighted by atomic mass is 16.3. The molecule has 1 fully saturated rings. The zero-order chi connectivity index (χ0) is 19.1. The molecule has 0 bridgehead atoms. The molecule has 1 aliphatic rings. The highest BCUT2D eigenvalue weighted by Gasteiger charge is 2.24. The highest BCUT2D eigenvalue weighted by Crippen LogP contribution is 2.18. The normalized spacial score (nSPS) is 14.3. The number of unbranched alkanes of at least 4 members (excludes halogenated alkanes) is 2. The van der Waals surface area contributed by atoms with Gasteiger partial charge in [0.1, 0.15) is 0 Å². The van der Waals surface area contributed by atoms with Crippen molar-refractivity contribution in [2.24, 2.45) is 0 Å². The summed E-state index contributed by atoms with van der Waals surface area (Å²) < 4.78 is 5.19. The summed E-state index contributed by atoms with van der Waals surface area (Å²) in [6.45, 7) is 5.41. The average molecular weight is 370 g/mol. The molecule has 3 rings (SSSR count). The molecule has 0 aliphatic carbocycles. The van der Waals surface area contributed by atoms with Crippen molar-refractivity contribution in [3.63, 3.8) is 0 Å². The fourth-order valence-corrected chi connectivity index (χ4v) is 3.13. The Kier molecular flexibility index (Phi) is 6.46. The van der Waals surface area contributed by atoms with E-state index in [1.807, 2.05) is 6.07 Å². The zero-order valence-corrected chi connectivity index (χ0v) is 15.7. The summed E-state index contributed by atoms with van der Waals surface area (Å²) in [5.74, 6) is 0.192. The molecule has 2 aromatic heterocycles. The number of carbonyl (C=O) groups is 2. The molecule has 0 saturated carbocycles. The Morgan fingerprint density at radius 2 is 2.00 bits per heavy atom. The molecular weight excluding hydrogens is 344 g/mol. The van der Waals surface area contributed by atoms with Gasteiger partial charge in [0.05, 0.1) is 23.7 Å². The van der Waals surface area contributed by atoms with Gasteiger partial charge < -0.3 is 19.5 Å². The SMILES string of the molecule is CCCCCNC(=O)c1cncc(N2CCN(C(=O)c3ccco3)CC2)c1. The maximum absolute atomic E-state index is 12.3. The third kappa shape index (κ3) is 4.87. The summed E-state index contributed by atoms with van der Waals surface area (Å²) in [6.07, 6.45) is 8.09. The van der Waals surface area contributed by atoms with E-state index in [1.54, 1.807) is 29.4 Å². The summed E-state index contributed by atoms with van der Waals surface area (Å²) in [7, 11) is 0. The molecule has 1 aliphatic heterocycles. The second-order valence-electron chi connectivity index (χ2n) is 6.65. The highest BCUT2D eigenvalue weighted by molar-refractivity contribution is 5.94. The number of piperazine rings is 1. The van der Waals surface area contributed by atoms with Crippen molar-refractivity contribution >= 4 is 17.5 Å². The fourth-order valence-electron chi connectivity index (χ4n) is 3.13. The maximum Gasteiger partial charge on any atom is 0.289 e. The van der Waals surface area contributed by atoms with Crippen molar-refractivity contribution in [2.45, 2.75) is 26.2 Å². The third-order valence-corrected chi connectivity index (χ3v) is 4.72. The van der Waals surface area contributed by atoms with Crippen molar-refractivity contribution in [3.05, 3.63) is 48.2 Å². The first-order chi connectivity index (χ1) is 13.2. The Morgan fingerprint density at radius 1 is 1.19 bits per heavy atom. The summed E-state index contributed by atoms with van der Waals surface area (Å²) >= 11 is 0. The van der Waals surface area contributed by atoms with E-state index in [0.717, 1.165) is 24.9 Å². The molecule has 3 heterocycles. The second-order valence-corrected chi connectivity index (χ2v) is 6.65. The lowest BCUT2D eigenvalue weighted by atomic mass is 10.2. The van der Waals surface area contributed by atoms with E-state index in [-0.39, 0.29) is 11.8 Å². The molecule has 0 unspecified atom stereocenters. The molecule has 7 nitrogen and oxygen atoms in total. The van der Waals surface area contributed by atoms with Gasteiger partial charge in [0, 0.05) is 38.9 Å². The zero-order valence-electron chi connectivity index (χ0n) is 15.7. The van der Waals surface area contributed by atoms with Crippen molar-refractivity contribution in [1.29, 1.82) is 0 Å². The Hall–Kier alpha value is -2.83. The first kappa shape index (κ1) is 18.9. The largest absolute Gasteiger partial charge is 0.459 e. The minimum atomic E-state index is -0.0907. The van der Waals surface area contributed by atoms with E-state index in [9.17, 15) is 9.59 Å². The van der Waals surface area contributed by atoms with Crippen LogP contribution in [0.5, 0.6) is 0 Å². The number of aromatic nitrogens is 1. The Morgan fingerprint density at radius 3 is 2.70 bits per heavy atom. The van der Waals surface area contributed by atoms with Crippen molar-refractivity contribution in [1.82, 2.24) is 15.2 Å². The van der Waals surface area contributed by atoms with Crippen LogP contribution in [-0.2, 0) is 0 Å².